The molecule has 1 N–H and O–H groups in total. The number of fused-ring (bicyclic) bond motifs is 1. The number of aromatic nitrogens is 2. The summed E-state index contributed by atoms with van der Waals surface area (Å²) in [5.41, 5.74) is 1.08. The summed E-state index contributed by atoms with van der Waals surface area (Å²) in [6.45, 7) is 2.50. The summed E-state index contributed by atoms with van der Waals surface area (Å²) in [5.74, 6) is 0.967. The molecule has 1 saturated heterocycles. The highest BCUT2D eigenvalue weighted by atomic mass is 79.9. The van der Waals surface area contributed by atoms with E-state index < -0.39 is 0 Å². The maximum atomic E-state index is 5.70. The molecule has 0 amide bonds. The number of ether oxygens (including phenoxy) is 1. The van der Waals surface area contributed by atoms with Crippen molar-refractivity contribution in [2.24, 2.45) is 0 Å². The lowest BCUT2D eigenvalue weighted by Gasteiger charge is -2.22. The number of morpholine rings is 1. The molecule has 0 spiro atoms. The first-order chi connectivity index (χ1) is 7.84. The van der Waals surface area contributed by atoms with Crippen molar-refractivity contribution in [1.82, 2.24) is 14.7 Å². The van der Waals surface area contributed by atoms with Gasteiger partial charge in [-0.15, -0.1) is 0 Å². The van der Waals surface area contributed by atoms with E-state index in [2.05, 4.69) is 30.6 Å². The zero-order valence-corrected chi connectivity index (χ0v) is 10.3. The minimum Gasteiger partial charge on any atom is -0.368 e. The monoisotopic (exact) mass is 281 g/mol. The van der Waals surface area contributed by atoms with E-state index in [0.29, 0.717) is 0 Å². The molecule has 1 aliphatic rings. The molecular weight excluding hydrogens is 270 g/mol. The Labute approximate surface area is 102 Å². The van der Waals surface area contributed by atoms with Gasteiger partial charge in [0.2, 0.25) is 0 Å². The number of halogens is 1. The Morgan fingerprint density at radius 3 is 3.31 bits per heavy atom. The van der Waals surface area contributed by atoms with Gasteiger partial charge in [0.25, 0.3) is 0 Å². The van der Waals surface area contributed by atoms with E-state index in [1.165, 1.54) is 0 Å². The molecule has 0 aliphatic carbocycles. The van der Waals surface area contributed by atoms with Crippen LogP contribution < -0.4 is 5.32 Å². The summed E-state index contributed by atoms with van der Waals surface area (Å²) in [7, 11) is 0. The van der Waals surface area contributed by atoms with Crippen LogP contribution in [0.1, 0.15) is 11.9 Å². The van der Waals surface area contributed by atoms with Crippen LogP contribution in [-0.4, -0.2) is 29.1 Å². The van der Waals surface area contributed by atoms with Crippen LogP contribution in [0.4, 0.5) is 0 Å². The molecule has 0 radical (unpaired) electrons. The highest BCUT2D eigenvalue weighted by molar-refractivity contribution is 9.10. The lowest BCUT2D eigenvalue weighted by molar-refractivity contribution is 0.0218. The lowest BCUT2D eigenvalue weighted by atomic mass is 10.3. The Morgan fingerprint density at radius 1 is 1.56 bits per heavy atom. The van der Waals surface area contributed by atoms with Crippen LogP contribution in [0.3, 0.4) is 0 Å². The van der Waals surface area contributed by atoms with Gasteiger partial charge in [0.05, 0.1) is 18.3 Å². The molecule has 3 rings (SSSR count). The molecule has 5 heteroatoms. The molecule has 1 fully saturated rings. The summed E-state index contributed by atoms with van der Waals surface area (Å²) in [4.78, 5) is 4.44. The fourth-order valence-electron chi connectivity index (χ4n) is 1.96. The molecule has 0 saturated carbocycles. The normalized spacial score (nSPS) is 21.4. The van der Waals surface area contributed by atoms with Crippen molar-refractivity contribution in [3.05, 3.63) is 34.8 Å². The second-order valence-corrected chi connectivity index (χ2v) is 4.74. The molecule has 16 heavy (non-hydrogen) atoms. The SMILES string of the molecule is Brc1ccn2c(C3CNCCO3)ncc2c1. The number of rotatable bonds is 1. The zero-order valence-electron chi connectivity index (χ0n) is 8.69. The van der Waals surface area contributed by atoms with Crippen LogP contribution in [0.25, 0.3) is 5.52 Å². The quantitative estimate of drug-likeness (QED) is 0.866. The number of nitrogens with zero attached hydrogens (tertiary/aromatic N) is 2. The largest absolute Gasteiger partial charge is 0.368 e. The molecule has 3 heterocycles. The summed E-state index contributed by atoms with van der Waals surface area (Å²) in [5, 5.41) is 3.31. The van der Waals surface area contributed by atoms with Crippen LogP contribution in [0.5, 0.6) is 0 Å². The molecule has 1 unspecified atom stereocenters. The molecule has 2 aromatic rings. The van der Waals surface area contributed by atoms with E-state index in [9.17, 15) is 0 Å². The number of nitrogens with one attached hydrogen (secondary N) is 1. The van der Waals surface area contributed by atoms with Gasteiger partial charge in [0, 0.05) is 23.8 Å². The molecule has 84 valence electrons. The number of imidazole rings is 1. The van der Waals surface area contributed by atoms with Gasteiger partial charge in [-0.2, -0.15) is 0 Å². The second-order valence-electron chi connectivity index (χ2n) is 3.82. The first-order valence-corrected chi connectivity index (χ1v) is 6.09. The van der Waals surface area contributed by atoms with Crippen LogP contribution >= 0.6 is 15.9 Å². The average Bonchev–Trinajstić information content (AvgIpc) is 2.73. The Bertz CT molecular complexity index is 505. The van der Waals surface area contributed by atoms with Crippen molar-refractivity contribution in [3.8, 4) is 0 Å². The number of hydrogen-bond donors (Lipinski definition) is 1. The molecule has 4 nitrogen and oxygen atoms in total. The van der Waals surface area contributed by atoms with Crippen molar-refractivity contribution in [1.29, 1.82) is 0 Å². The van der Waals surface area contributed by atoms with Gasteiger partial charge in [-0.1, -0.05) is 15.9 Å². The van der Waals surface area contributed by atoms with Crippen LogP contribution in [0, 0.1) is 0 Å². The van der Waals surface area contributed by atoms with Gasteiger partial charge in [-0.25, -0.2) is 4.98 Å². The highest BCUT2D eigenvalue weighted by Crippen LogP contribution is 2.21. The van der Waals surface area contributed by atoms with Gasteiger partial charge < -0.3 is 14.5 Å². The van der Waals surface area contributed by atoms with Gasteiger partial charge >= 0.3 is 0 Å². The minimum absolute atomic E-state index is 0.0532. The topological polar surface area (TPSA) is 38.6 Å². The third-order valence-electron chi connectivity index (χ3n) is 2.74. The predicted molar refractivity (Wildman–Crippen MR) is 64.5 cm³/mol. The first kappa shape index (κ1) is 10.3. The van der Waals surface area contributed by atoms with Crippen molar-refractivity contribution in [3.63, 3.8) is 0 Å². The maximum Gasteiger partial charge on any atom is 0.143 e. The summed E-state index contributed by atoms with van der Waals surface area (Å²) >= 11 is 3.45. The van der Waals surface area contributed by atoms with Crippen LogP contribution in [0.2, 0.25) is 0 Å². The van der Waals surface area contributed by atoms with Gasteiger partial charge in [0.1, 0.15) is 11.9 Å². The van der Waals surface area contributed by atoms with Crippen molar-refractivity contribution < 1.29 is 4.74 Å². The molecule has 1 aliphatic heterocycles. The molecule has 0 aromatic carbocycles. The third kappa shape index (κ3) is 1.75. The summed E-state index contributed by atoms with van der Waals surface area (Å²) in [6, 6.07) is 4.06. The van der Waals surface area contributed by atoms with Crippen LogP contribution in [0.15, 0.2) is 29.0 Å². The fraction of sp³-hybridized carbons (Fsp3) is 0.364. The van der Waals surface area contributed by atoms with E-state index >= 15 is 0 Å². The van der Waals surface area contributed by atoms with Crippen LogP contribution in [-0.2, 0) is 4.74 Å². The smallest absolute Gasteiger partial charge is 0.143 e. The summed E-state index contributed by atoms with van der Waals surface area (Å²) < 4.78 is 8.84. The standard InChI is InChI=1S/C11H12BrN3O/c12-8-1-3-15-9(5-8)6-14-11(15)10-7-13-2-4-16-10/h1,3,5-6,10,13H,2,4,7H2. The summed E-state index contributed by atoms with van der Waals surface area (Å²) in [6.07, 6.45) is 3.94. The van der Waals surface area contributed by atoms with Gasteiger partial charge in [-0.3, -0.25) is 0 Å². The first-order valence-electron chi connectivity index (χ1n) is 5.29. The number of pyridine rings is 1. The van der Waals surface area contributed by atoms with Crippen molar-refractivity contribution >= 4 is 21.4 Å². The predicted octanol–water partition coefficient (Wildman–Crippen LogP) is 1.76. The van der Waals surface area contributed by atoms with Gasteiger partial charge in [0.15, 0.2) is 0 Å². The zero-order chi connectivity index (χ0) is 11.0. The van der Waals surface area contributed by atoms with Crippen molar-refractivity contribution in [2.45, 2.75) is 6.10 Å². The average molecular weight is 282 g/mol. The fourth-order valence-corrected chi connectivity index (χ4v) is 2.32. The molecule has 0 bridgehead atoms. The minimum atomic E-state index is 0.0532. The Hall–Kier alpha value is -0.910. The number of hydrogen-bond acceptors (Lipinski definition) is 3. The Kier molecular flexibility index (Phi) is 2.67. The van der Waals surface area contributed by atoms with Crippen molar-refractivity contribution in [2.75, 3.05) is 19.7 Å². The maximum absolute atomic E-state index is 5.70. The second kappa shape index (κ2) is 4.16. The van der Waals surface area contributed by atoms with E-state index in [4.69, 9.17) is 4.74 Å². The van der Waals surface area contributed by atoms with E-state index in [0.717, 1.165) is 35.5 Å². The Morgan fingerprint density at radius 2 is 2.50 bits per heavy atom. The third-order valence-corrected chi connectivity index (χ3v) is 3.23. The Balaban J connectivity index is 2.03. The molecule has 2 aromatic heterocycles. The highest BCUT2D eigenvalue weighted by Gasteiger charge is 2.20. The lowest BCUT2D eigenvalue weighted by Crippen LogP contribution is -2.34. The van der Waals surface area contributed by atoms with E-state index in [1.54, 1.807) is 0 Å². The van der Waals surface area contributed by atoms with Gasteiger partial charge in [-0.05, 0) is 12.1 Å². The van der Waals surface area contributed by atoms with E-state index in [1.807, 2.05) is 24.5 Å². The molecular formula is C11H12BrN3O. The molecule has 1 atom stereocenters. The van der Waals surface area contributed by atoms with E-state index in [-0.39, 0.29) is 6.10 Å².